The third-order valence-electron chi connectivity index (χ3n) is 5.16. The molecule has 0 amide bonds. The highest BCUT2D eigenvalue weighted by atomic mass is 16.1. The molecule has 6 nitrogen and oxygen atoms in total. The minimum Gasteiger partial charge on any atom is -0.349 e. The molecule has 31 heavy (non-hydrogen) atoms. The van der Waals surface area contributed by atoms with Crippen molar-refractivity contribution in [2.24, 2.45) is 12.1 Å². The van der Waals surface area contributed by atoms with E-state index in [0.29, 0.717) is 5.69 Å². The molecule has 4 aromatic rings. The van der Waals surface area contributed by atoms with Crippen LogP contribution < -0.4 is 16.3 Å². The van der Waals surface area contributed by atoms with Crippen molar-refractivity contribution >= 4 is 23.3 Å². The molecule has 0 fully saturated rings. The molecule has 0 saturated heterocycles. The minimum absolute atomic E-state index is 0.0841. The number of nitrogens with one attached hydrogen (secondary N) is 2. The van der Waals surface area contributed by atoms with E-state index in [0.717, 1.165) is 28.3 Å². The van der Waals surface area contributed by atoms with Gasteiger partial charge >= 0.3 is 0 Å². The van der Waals surface area contributed by atoms with Gasteiger partial charge in [-0.2, -0.15) is 5.10 Å². The van der Waals surface area contributed by atoms with E-state index in [-0.39, 0.29) is 5.56 Å². The lowest BCUT2D eigenvalue weighted by Crippen LogP contribution is -2.20. The summed E-state index contributed by atoms with van der Waals surface area (Å²) in [5.74, 6) is 0. The first kappa shape index (κ1) is 20.2. The summed E-state index contributed by atoms with van der Waals surface area (Å²) in [5, 5.41) is 7.56. The Labute approximate surface area is 181 Å². The van der Waals surface area contributed by atoms with Crippen molar-refractivity contribution in [1.82, 2.24) is 9.36 Å². The normalized spacial score (nSPS) is 11.1. The fourth-order valence-electron chi connectivity index (χ4n) is 3.41. The number of hydrogen-bond acceptors (Lipinski definition) is 4. The molecule has 0 atom stereocenters. The van der Waals surface area contributed by atoms with Crippen LogP contribution >= 0.6 is 0 Å². The van der Waals surface area contributed by atoms with Crippen LogP contribution in [0, 0.1) is 13.8 Å². The van der Waals surface area contributed by atoms with Gasteiger partial charge in [-0.25, -0.2) is 4.68 Å². The lowest BCUT2D eigenvalue weighted by Gasteiger charge is -2.07. The molecule has 0 aliphatic rings. The summed E-state index contributed by atoms with van der Waals surface area (Å²) in [5.41, 5.74) is 9.13. The van der Waals surface area contributed by atoms with Gasteiger partial charge < -0.3 is 5.32 Å². The Hall–Kier alpha value is -4.06. The average Bonchev–Trinajstić information content (AvgIpc) is 2.99. The number of aromatic nitrogens is 2. The van der Waals surface area contributed by atoms with E-state index in [2.05, 4.69) is 15.8 Å². The number of anilines is 3. The van der Waals surface area contributed by atoms with Gasteiger partial charge in [-0.1, -0.05) is 42.5 Å². The first-order valence-corrected chi connectivity index (χ1v) is 10.1. The highest BCUT2D eigenvalue weighted by Gasteiger charge is 2.16. The van der Waals surface area contributed by atoms with Gasteiger partial charge in [0.05, 0.1) is 23.3 Å². The van der Waals surface area contributed by atoms with Crippen LogP contribution in [0.3, 0.4) is 0 Å². The number of hydrazone groups is 1. The molecule has 156 valence electrons. The third-order valence-corrected chi connectivity index (χ3v) is 5.16. The molecule has 0 bridgehead atoms. The molecule has 0 aliphatic heterocycles. The van der Waals surface area contributed by atoms with E-state index in [4.69, 9.17) is 0 Å². The van der Waals surface area contributed by atoms with E-state index >= 15 is 0 Å². The largest absolute Gasteiger partial charge is 0.349 e. The van der Waals surface area contributed by atoms with Crippen molar-refractivity contribution in [2.45, 2.75) is 13.8 Å². The molecule has 2 N–H and O–H groups in total. The fourth-order valence-corrected chi connectivity index (χ4v) is 3.41. The molecule has 4 rings (SSSR count). The molecule has 6 heteroatoms. The van der Waals surface area contributed by atoms with Crippen LogP contribution in [0.2, 0.25) is 0 Å². The maximum atomic E-state index is 13.0. The van der Waals surface area contributed by atoms with Crippen LogP contribution in [0.5, 0.6) is 0 Å². The van der Waals surface area contributed by atoms with Crippen molar-refractivity contribution in [3.8, 4) is 5.69 Å². The molecule has 1 heterocycles. The van der Waals surface area contributed by atoms with Gasteiger partial charge in [-0.05, 0) is 61.4 Å². The molecule has 0 spiro atoms. The van der Waals surface area contributed by atoms with E-state index in [1.807, 2.05) is 104 Å². The Morgan fingerprint density at radius 3 is 2.32 bits per heavy atom. The van der Waals surface area contributed by atoms with Gasteiger partial charge in [0.15, 0.2) is 0 Å². The van der Waals surface area contributed by atoms with Gasteiger partial charge in [-0.15, -0.1) is 0 Å². The zero-order chi connectivity index (χ0) is 21.8. The fraction of sp³-hybridized carbons (Fsp3) is 0.120. The average molecular weight is 412 g/mol. The van der Waals surface area contributed by atoms with Crippen LogP contribution in [0.25, 0.3) is 5.69 Å². The first-order valence-electron chi connectivity index (χ1n) is 10.1. The van der Waals surface area contributed by atoms with Crippen molar-refractivity contribution in [2.75, 3.05) is 10.7 Å². The highest BCUT2D eigenvalue weighted by Crippen LogP contribution is 2.19. The molecular formula is C25H25N5O. The van der Waals surface area contributed by atoms with E-state index < -0.39 is 0 Å². The summed E-state index contributed by atoms with van der Waals surface area (Å²) in [6.07, 6.45) is 1.77. The molecule has 0 unspecified atom stereocenters. The van der Waals surface area contributed by atoms with Gasteiger partial charge in [0, 0.05) is 12.7 Å². The number of para-hydroxylation sites is 1. The highest BCUT2D eigenvalue weighted by molar-refractivity contribution is 5.81. The zero-order valence-electron chi connectivity index (χ0n) is 17.8. The maximum Gasteiger partial charge on any atom is 0.295 e. The first-order chi connectivity index (χ1) is 15.0. The Bertz CT molecular complexity index is 1270. The van der Waals surface area contributed by atoms with Gasteiger partial charge in [0.25, 0.3) is 5.56 Å². The molecule has 0 aliphatic carbocycles. The smallest absolute Gasteiger partial charge is 0.295 e. The summed E-state index contributed by atoms with van der Waals surface area (Å²) >= 11 is 0. The standard InChI is InChI=1S/C25H25N5O/c1-18-8-7-9-22(16-18)28-26-17-20-12-14-21(15-13-20)27-24-19(2)29(3)30(25(24)31)23-10-5-4-6-11-23/h4-17,27-28H,1-3H3/b26-17-. The molecule has 3 aromatic carbocycles. The summed E-state index contributed by atoms with van der Waals surface area (Å²) in [6.45, 7) is 3.98. The molecule has 0 radical (unpaired) electrons. The van der Waals surface area contributed by atoms with Crippen molar-refractivity contribution in [3.05, 3.63) is 106 Å². The second-order valence-corrected chi connectivity index (χ2v) is 7.42. The molecule has 1 aromatic heterocycles. The van der Waals surface area contributed by atoms with Crippen molar-refractivity contribution in [1.29, 1.82) is 0 Å². The van der Waals surface area contributed by atoms with Crippen molar-refractivity contribution in [3.63, 3.8) is 0 Å². The van der Waals surface area contributed by atoms with E-state index in [1.165, 1.54) is 5.56 Å². The van der Waals surface area contributed by atoms with Gasteiger partial charge in [0.1, 0.15) is 5.69 Å². The summed E-state index contributed by atoms with van der Waals surface area (Å²) in [6, 6.07) is 25.5. The topological polar surface area (TPSA) is 63.4 Å². The van der Waals surface area contributed by atoms with Crippen LogP contribution in [-0.2, 0) is 7.05 Å². The van der Waals surface area contributed by atoms with Crippen LogP contribution in [0.1, 0.15) is 16.8 Å². The zero-order valence-corrected chi connectivity index (χ0v) is 17.8. The van der Waals surface area contributed by atoms with Gasteiger partial charge in [-0.3, -0.25) is 14.9 Å². The maximum absolute atomic E-state index is 13.0. The summed E-state index contributed by atoms with van der Waals surface area (Å²) in [7, 11) is 1.88. The Morgan fingerprint density at radius 2 is 1.61 bits per heavy atom. The quantitative estimate of drug-likeness (QED) is 0.347. The third kappa shape index (κ3) is 4.43. The minimum atomic E-state index is -0.0841. The van der Waals surface area contributed by atoms with Crippen molar-refractivity contribution < 1.29 is 0 Å². The molecular weight excluding hydrogens is 386 g/mol. The number of benzene rings is 3. The number of aryl methyl sites for hydroxylation is 1. The van der Waals surface area contributed by atoms with E-state index in [1.54, 1.807) is 10.9 Å². The van der Waals surface area contributed by atoms with Crippen LogP contribution in [0.15, 0.2) is 88.8 Å². The monoisotopic (exact) mass is 411 g/mol. The number of rotatable bonds is 6. The Balaban J connectivity index is 1.49. The number of hydrogen-bond donors (Lipinski definition) is 2. The Morgan fingerprint density at radius 1 is 0.871 bits per heavy atom. The number of nitrogens with zero attached hydrogens (tertiary/aromatic N) is 3. The lowest BCUT2D eigenvalue weighted by atomic mass is 10.2. The Kier molecular flexibility index (Phi) is 5.71. The predicted molar refractivity (Wildman–Crippen MR) is 128 cm³/mol. The lowest BCUT2D eigenvalue weighted by molar-refractivity contribution is 0.630. The second-order valence-electron chi connectivity index (χ2n) is 7.42. The SMILES string of the molecule is Cc1cccc(N/N=C\c2ccc(Nc3c(C)n(C)n(-c4ccccc4)c3=O)cc2)c1. The molecule has 0 saturated carbocycles. The van der Waals surface area contributed by atoms with Crippen LogP contribution in [-0.4, -0.2) is 15.6 Å². The summed E-state index contributed by atoms with van der Waals surface area (Å²) < 4.78 is 3.52. The second kappa shape index (κ2) is 8.75. The summed E-state index contributed by atoms with van der Waals surface area (Å²) in [4.78, 5) is 13.0. The predicted octanol–water partition coefficient (Wildman–Crippen LogP) is 4.98. The van der Waals surface area contributed by atoms with Gasteiger partial charge in [0.2, 0.25) is 0 Å². The van der Waals surface area contributed by atoms with Crippen LogP contribution in [0.4, 0.5) is 17.1 Å². The van der Waals surface area contributed by atoms with E-state index in [9.17, 15) is 4.79 Å².